The van der Waals surface area contributed by atoms with E-state index in [-0.39, 0.29) is 5.91 Å². The SMILES string of the molecule is Cc1noc(C)c1CSc1ncccc1C(=O)Nc1cccnc1. The molecule has 1 amide bonds. The van der Waals surface area contributed by atoms with Crippen LogP contribution in [0.2, 0.25) is 0 Å². The van der Waals surface area contributed by atoms with Crippen LogP contribution < -0.4 is 5.32 Å². The van der Waals surface area contributed by atoms with Crippen molar-refractivity contribution >= 4 is 23.4 Å². The molecule has 1 N–H and O–H groups in total. The molecule has 0 atom stereocenters. The molecule has 0 aliphatic heterocycles. The van der Waals surface area contributed by atoms with Gasteiger partial charge in [-0.1, -0.05) is 5.16 Å². The third-order valence-corrected chi connectivity index (χ3v) is 4.50. The van der Waals surface area contributed by atoms with Gasteiger partial charge in [-0.25, -0.2) is 4.98 Å². The van der Waals surface area contributed by atoms with Crippen molar-refractivity contribution < 1.29 is 9.32 Å². The number of carbonyl (C=O) groups is 1. The number of hydrogen-bond donors (Lipinski definition) is 1. The molecule has 0 fully saturated rings. The first-order chi connectivity index (χ1) is 11.6. The van der Waals surface area contributed by atoms with Crippen LogP contribution in [0.5, 0.6) is 0 Å². The Morgan fingerprint density at radius 3 is 2.79 bits per heavy atom. The lowest BCUT2D eigenvalue weighted by atomic mass is 10.2. The number of amides is 1. The van der Waals surface area contributed by atoms with Crippen molar-refractivity contribution in [2.24, 2.45) is 0 Å². The average Bonchev–Trinajstić information content (AvgIpc) is 2.92. The number of aromatic nitrogens is 3. The van der Waals surface area contributed by atoms with Gasteiger partial charge in [-0.3, -0.25) is 9.78 Å². The number of anilines is 1. The molecule has 3 aromatic heterocycles. The number of pyridine rings is 2. The molecule has 0 saturated heterocycles. The predicted molar refractivity (Wildman–Crippen MR) is 92.0 cm³/mol. The summed E-state index contributed by atoms with van der Waals surface area (Å²) in [7, 11) is 0. The van der Waals surface area contributed by atoms with Gasteiger partial charge >= 0.3 is 0 Å². The summed E-state index contributed by atoms with van der Waals surface area (Å²) in [6.07, 6.45) is 4.94. The number of nitrogens with zero attached hydrogens (tertiary/aromatic N) is 3. The van der Waals surface area contributed by atoms with Crippen molar-refractivity contribution in [1.29, 1.82) is 0 Å². The maximum Gasteiger partial charge on any atom is 0.258 e. The highest BCUT2D eigenvalue weighted by Gasteiger charge is 2.15. The maximum atomic E-state index is 12.5. The second kappa shape index (κ2) is 7.27. The van der Waals surface area contributed by atoms with E-state index in [4.69, 9.17) is 4.52 Å². The van der Waals surface area contributed by atoms with Crippen molar-refractivity contribution in [2.75, 3.05) is 5.32 Å². The van der Waals surface area contributed by atoms with Crippen LogP contribution in [0.4, 0.5) is 5.69 Å². The van der Waals surface area contributed by atoms with Gasteiger partial charge in [0.1, 0.15) is 10.8 Å². The van der Waals surface area contributed by atoms with Gasteiger partial charge in [-0.2, -0.15) is 0 Å². The number of thioether (sulfide) groups is 1. The van der Waals surface area contributed by atoms with Crippen molar-refractivity contribution in [2.45, 2.75) is 24.6 Å². The van der Waals surface area contributed by atoms with Crippen LogP contribution in [0.15, 0.2) is 52.4 Å². The van der Waals surface area contributed by atoms with Crippen LogP contribution >= 0.6 is 11.8 Å². The Morgan fingerprint density at radius 1 is 1.25 bits per heavy atom. The lowest BCUT2D eigenvalue weighted by Gasteiger charge is -2.08. The Morgan fingerprint density at radius 2 is 2.08 bits per heavy atom. The molecular weight excluding hydrogens is 324 g/mol. The third-order valence-electron chi connectivity index (χ3n) is 3.47. The Kier molecular flexibility index (Phi) is 4.90. The van der Waals surface area contributed by atoms with Crippen LogP contribution in [0, 0.1) is 13.8 Å². The van der Waals surface area contributed by atoms with Gasteiger partial charge in [0, 0.05) is 23.7 Å². The number of carbonyl (C=O) groups excluding carboxylic acids is 1. The zero-order valence-electron chi connectivity index (χ0n) is 13.3. The van der Waals surface area contributed by atoms with E-state index in [1.54, 1.807) is 42.9 Å². The van der Waals surface area contributed by atoms with Crippen molar-refractivity contribution in [3.63, 3.8) is 0 Å². The second-order valence-corrected chi connectivity index (χ2v) is 6.11. The first kappa shape index (κ1) is 16.2. The molecule has 0 aliphatic rings. The molecule has 0 unspecified atom stereocenters. The summed E-state index contributed by atoms with van der Waals surface area (Å²) in [6.45, 7) is 3.78. The smallest absolute Gasteiger partial charge is 0.258 e. The van der Waals surface area contributed by atoms with Gasteiger partial charge in [0.25, 0.3) is 5.91 Å². The summed E-state index contributed by atoms with van der Waals surface area (Å²) in [5, 5.41) is 7.44. The minimum atomic E-state index is -0.211. The molecule has 0 saturated carbocycles. The highest BCUT2D eigenvalue weighted by Crippen LogP contribution is 2.27. The van der Waals surface area contributed by atoms with Gasteiger partial charge in [-0.05, 0) is 38.1 Å². The van der Waals surface area contributed by atoms with E-state index in [2.05, 4.69) is 20.4 Å². The quantitative estimate of drug-likeness (QED) is 0.714. The Hall–Kier alpha value is -2.67. The van der Waals surface area contributed by atoms with E-state index in [1.165, 1.54) is 11.8 Å². The van der Waals surface area contributed by atoms with Gasteiger partial charge in [0.15, 0.2) is 0 Å². The number of rotatable bonds is 5. The molecular formula is C17H16N4O2S. The molecule has 3 rings (SSSR count). The monoisotopic (exact) mass is 340 g/mol. The van der Waals surface area contributed by atoms with E-state index in [0.29, 0.717) is 22.0 Å². The minimum absolute atomic E-state index is 0.211. The number of hydrogen-bond acceptors (Lipinski definition) is 6. The molecule has 0 aliphatic carbocycles. The molecule has 3 aromatic rings. The van der Waals surface area contributed by atoms with Crippen molar-refractivity contribution in [3.05, 3.63) is 65.4 Å². The van der Waals surface area contributed by atoms with Crippen LogP contribution in [0.1, 0.15) is 27.4 Å². The molecule has 122 valence electrons. The topological polar surface area (TPSA) is 80.9 Å². The summed E-state index contributed by atoms with van der Waals surface area (Å²) < 4.78 is 5.17. The highest BCUT2D eigenvalue weighted by atomic mass is 32.2. The number of nitrogens with one attached hydrogen (secondary N) is 1. The fraction of sp³-hybridized carbons (Fsp3) is 0.176. The zero-order chi connectivity index (χ0) is 16.9. The van der Waals surface area contributed by atoms with E-state index in [0.717, 1.165) is 17.0 Å². The molecule has 24 heavy (non-hydrogen) atoms. The fourth-order valence-electron chi connectivity index (χ4n) is 2.16. The summed E-state index contributed by atoms with van der Waals surface area (Å²) in [5.74, 6) is 1.22. The van der Waals surface area contributed by atoms with Crippen LogP contribution in [0.3, 0.4) is 0 Å². The fourth-order valence-corrected chi connectivity index (χ4v) is 3.31. The second-order valence-electron chi connectivity index (χ2n) is 5.14. The van der Waals surface area contributed by atoms with E-state index in [9.17, 15) is 4.79 Å². The molecule has 7 heteroatoms. The molecule has 0 aromatic carbocycles. The van der Waals surface area contributed by atoms with E-state index >= 15 is 0 Å². The first-order valence-corrected chi connectivity index (χ1v) is 8.34. The van der Waals surface area contributed by atoms with Gasteiger partial charge in [-0.15, -0.1) is 11.8 Å². The summed E-state index contributed by atoms with van der Waals surface area (Å²) in [6, 6.07) is 7.07. The lowest BCUT2D eigenvalue weighted by molar-refractivity contribution is 0.102. The van der Waals surface area contributed by atoms with Crippen molar-refractivity contribution in [3.8, 4) is 0 Å². The molecule has 3 heterocycles. The average molecular weight is 340 g/mol. The van der Waals surface area contributed by atoms with Gasteiger partial charge in [0.05, 0.1) is 23.1 Å². The minimum Gasteiger partial charge on any atom is -0.361 e. The van der Waals surface area contributed by atoms with Crippen molar-refractivity contribution in [1.82, 2.24) is 15.1 Å². The zero-order valence-corrected chi connectivity index (χ0v) is 14.1. The predicted octanol–water partition coefficient (Wildman–Crippen LogP) is 3.63. The largest absolute Gasteiger partial charge is 0.361 e. The Bertz CT molecular complexity index is 829. The third kappa shape index (κ3) is 3.62. The van der Waals surface area contributed by atoms with Gasteiger partial charge < -0.3 is 9.84 Å². The first-order valence-electron chi connectivity index (χ1n) is 7.36. The highest BCUT2D eigenvalue weighted by molar-refractivity contribution is 7.98. The molecule has 6 nitrogen and oxygen atoms in total. The summed E-state index contributed by atoms with van der Waals surface area (Å²) in [4.78, 5) is 20.8. The normalized spacial score (nSPS) is 10.6. The Labute approximate surface area is 143 Å². The van der Waals surface area contributed by atoms with Crippen LogP contribution in [0.25, 0.3) is 0 Å². The van der Waals surface area contributed by atoms with E-state index in [1.807, 2.05) is 13.8 Å². The standard InChI is InChI=1S/C17H16N4O2S/c1-11-15(12(2)23-21-11)10-24-17-14(6-4-8-19-17)16(22)20-13-5-3-7-18-9-13/h3-9H,10H2,1-2H3,(H,20,22). The van der Waals surface area contributed by atoms with Gasteiger partial charge in [0.2, 0.25) is 0 Å². The lowest BCUT2D eigenvalue weighted by Crippen LogP contribution is -2.13. The maximum absolute atomic E-state index is 12.5. The Balaban J connectivity index is 1.76. The molecule has 0 radical (unpaired) electrons. The molecule has 0 spiro atoms. The summed E-state index contributed by atoms with van der Waals surface area (Å²) >= 11 is 1.48. The van der Waals surface area contributed by atoms with Crippen LogP contribution in [-0.4, -0.2) is 21.0 Å². The van der Waals surface area contributed by atoms with E-state index < -0.39 is 0 Å². The summed E-state index contributed by atoms with van der Waals surface area (Å²) in [5.41, 5.74) is 3.06. The molecule has 0 bridgehead atoms. The number of aryl methyl sites for hydroxylation is 2. The van der Waals surface area contributed by atoms with Crippen LogP contribution in [-0.2, 0) is 5.75 Å².